The lowest BCUT2D eigenvalue weighted by molar-refractivity contribution is 0.181. The predicted molar refractivity (Wildman–Crippen MR) is 140 cm³/mol. The van der Waals surface area contributed by atoms with Crippen LogP contribution in [-0.4, -0.2) is 0 Å². The van der Waals surface area contributed by atoms with Crippen LogP contribution in [0.2, 0.25) is 0 Å². The maximum Gasteiger partial charge on any atom is 0.0618 e. The Bertz CT molecular complexity index is 376. The van der Waals surface area contributed by atoms with Crippen LogP contribution in [0.25, 0.3) is 0 Å². The molecule has 0 amide bonds. The second kappa shape index (κ2) is 26.3. The Morgan fingerprint density at radius 2 is 1.37 bits per heavy atom. The molecule has 180 valence electrons. The van der Waals surface area contributed by atoms with Crippen molar-refractivity contribution in [3.05, 3.63) is 12.2 Å². The molecule has 0 aromatic heterocycles. The van der Waals surface area contributed by atoms with Gasteiger partial charge in [-0.2, -0.15) is 5.26 Å². The molecule has 1 aliphatic rings. The van der Waals surface area contributed by atoms with Gasteiger partial charge in [-0.25, -0.2) is 0 Å². The summed E-state index contributed by atoms with van der Waals surface area (Å²) in [4.78, 5) is 0. The number of nitriles is 1. The van der Waals surface area contributed by atoms with Gasteiger partial charge in [0.15, 0.2) is 0 Å². The van der Waals surface area contributed by atoms with E-state index in [0.29, 0.717) is 6.42 Å². The summed E-state index contributed by atoms with van der Waals surface area (Å²) in [6, 6.07) is 1.93. The molecule has 1 saturated carbocycles. The minimum atomic E-state index is 0.625. The van der Waals surface area contributed by atoms with E-state index in [4.69, 9.17) is 5.26 Å². The molecule has 0 aliphatic heterocycles. The Balaban J connectivity index is -0.000000499. The van der Waals surface area contributed by atoms with Crippen LogP contribution in [0.15, 0.2) is 12.2 Å². The molecule has 1 nitrogen and oxygen atoms in total. The number of hydrogen-bond donors (Lipinski definition) is 0. The molecule has 0 spiro atoms. The third-order valence-corrected chi connectivity index (χ3v) is 6.31. The average Bonchev–Trinajstić information content (AvgIpc) is 2.75. The topological polar surface area (TPSA) is 23.8 Å². The monoisotopic (exact) mass is 421 g/mol. The molecule has 1 heteroatoms. The first kappa shape index (κ1) is 33.9. The molecule has 0 bridgehead atoms. The van der Waals surface area contributed by atoms with Crippen molar-refractivity contribution in [1.29, 1.82) is 5.26 Å². The van der Waals surface area contributed by atoms with E-state index in [0.717, 1.165) is 23.7 Å². The molecule has 30 heavy (non-hydrogen) atoms. The molecule has 0 aromatic rings. The van der Waals surface area contributed by atoms with Gasteiger partial charge in [0.1, 0.15) is 0 Å². The van der Waals surface area contributed by atoms with Crippen molar-refractivity contribution < 1.29 is 0 Å². The first-order chi connectivity index (χ1) is 14.4. The quantitative estimate of drug-likeness (QED) is 0.304. The van der Waals surface area contributed by atoms with Crippen molar-refractivity contribution in [3.8, 4) is 6.07 Å². The normalized spacial score (nSPS) is 17.3. The van der Waals surface area contributed by atoms with Crippen LogP contribution in [0.3, 0.4) is 0 Å². The number of hydrogen-bond acceptors (Lipinski definition) is 1. The Morgan fingerprint density at radius 1 is 0.900 bits per heavy atom. The highest BCUT2D eigenvalue weighted by Gasteiger charge is 2.29. The van der Waals surface area contributed by atoms with Crippen LogP contribution in [-0.2, 0) is 0 Å². The van der Waals surface area contributed by atoms with E-state index in [-0.39, 0.29) is 0 Å². The molecule has 0 radical (unpaired) electrons. The van der Waals surface area contributed by atoms with E-state index >= 15 is 0 Å². The predicted octanol–water partition coefficient (Wildman–Crippen LogP) is 10.8. The van der Waals surface area contributed by atoms with Gasteiger partial charge in [0, 0.05) is 6.42 Å². The largest absolute Gasteiger partial charge is 0.198 e. The lowest BCUT2D eigenvalue weighted by Gasteiger charge is -2.37. The van der Waals surface area contributed by atoms with E-state index in [9.17, 15) is 0 Å². The van der Waals surface area contributed by atoms with E-state index in [2.05, 4.69) is 62.0 Å². The van der Waals surface area contributed by atoms with Gasteiger partial charge in [-0.15, -0.1) is 0 Å². The standard InChI is InChI=1S/C18H34.C5H12.C3H5N.C3H8/c1-6-9-10-16(7-2)15(5)17(8-3)13-18-12-11-14(18)4;1-3-5-4-2;1-2-3-4;1-3-2/h15-18H,4,6-13H2,1-3,5H3;3-5H2,1-2H3;2H2,1H3;3H2,1-2H3. The van der Waals surface area contributed by atoms with Gasteiger partial charge in [0.05, 0.1) is 6.07 Å². The van der Waals surface area contributed by atoms with E-state index < -0.39 is 0 Å². The fourth-order valence-corrected chi connectivity index (χ4v) is 4.00. The first-order valence-electron chi connectivity index (χ1n) is 13.4. The smallest absolute Gasteiger partial charge is 0.0618 e. The maximum atomic E-state index is 7.62. The van der Waals surface area contributed by atoms with Crippen LogP contribution >= 0.6 is 0 Å². The zero-order chi connectivity index (χ0) is 23.8. The van der Waals surface area contributed by atoms with Gasteiger partial charge in [0.2, 0.25) is 0 Å². The zero-order valence-corrected chi connectivity index (χ0v) is 22.7. The van der Waals surface area contributed by atoms with Gasteiger partial charge >= 0.3 is 0 Å². The molecule has 1 fully saturated rings. The highest BCUT2D eigenvalue weighted by molar-refractivity contribution is 5.10. The highest BCUT2D eigenvalue weighted by Crippen LogP contribution is 2.41. The summed E-state index contributed by atoms with van der Waals surface area (Å²) in [6.07, 6.45) is 17.0. The van der Waals surface area contributed by atoms with Gasteiger partial charge < -0.3 is 0 Å². The third-order valence-electron chi connectivity index (χ3n) is 6.31. The van der Waals surface area contributed by atoms with Crippen molar-refractivity contribution in [2.24, 2.45) is 23.7 Å². The molecule has 0 saturated heterocycles. The Labute approximate surface area is 193 Å². The van der Waals surface area contributed by atoms with Crippen molar-refractivity contribution in [2.45, 2.75) is 146 Å². The molecule has 0 heterocycles. The number of rotatable bonds is 11. The van der Waals surface area contributed by atoms with Crippen molar-refractivity contribution in [1.82, 2.24) is 0 Å². The SMILES string of the molecule is C=C1CCC1CC(CC)C(C)C(CC)CCCC.CCC.CCC#N.CCCCC. The minimum Gasteiger partial charge on any atom is -0.198 e. The second-order valence-corrected chi connectivity index (χ2v) is 9.04. The Kier molecular flexibility index (Phi) is 29.6. The van der Waals surface area contributed by atoms with Gasteiger partial charge in [0.25, 0.3) is 0 Å². The molecule has 1 rings (SSSR count). The third kappa shape index (κ3) is 19.2. The minimum absolute atomic E-state index is 0.625. The zero-order valence-electron chi connectivity index (χ0n) is 22.7. The van der Waals surface area contributed by atoms with E-state index in [1.165, 1.54) is 82.6 Å². The van der Waals surface area contributed by atoms with Gasteiger partial charge in [-0.05, 0) is 42.9 Å². The van der Waals surface area contributed by atoms with Crippen LogP contribution in [0, 0.1) is 35.0 Å². The van der Waals surface area contributed by atoms with Crippen molar-refractivity contribution in [3.63, 3.8) is 0 Å². The first-order valence-corrected chi connectivity index (χ1v) is 13.4. The summed E-state index contributed by atoms with van der Waals surface area (Å²) in [6.45, 7) is 24.3. The molecule has 0 aromatic carbocycles. The molecular formula is C29H59N. The lowest BCUT2D eigenvalue weighted by Crippen LogP contribution is -2.26. The summed E-state index contributed by atoms with van der Waals surface area (Å²) >= 11 is 0. The summed E-state index contributed by atoms with van der Waals surface area (Å²) in [5.41, 5.74) is 1.53. The van der Waals surface area contributed by atoms with Crippen molar-refractivity contribution >= 4 is 0 Å². The molecule has 4 unspecified atom stereocenters. The Hall–Kier alpha value is -0.770. The fourth-order valence-electron chi connectivity index (χ4n) is 4.00. The fraction of sp³-hybridized carbons (Fsp3) is 0.897. The van der Waals surface area contributed by atoms with Crippen LogP contribution in [0.1, 0.15) is 146 Å². The second-order valence-electron chi connectivity index (χ2n) is 9.04. The van der Waals surface area contributed by atoms with Crippen LogP contribution in [0.4, 0.5) is 0 Å². The van der Waals surface area contributed by atoms with Crippen LogP contribution < -0.4 is 0 Å². The number of allylic oxidation sites excluding steroid dienone is 1. The summed E-state index contributed by atoms with van der Waals surface area (Å²) < 4.78 is 0. The van der Waals surface area contributed by atoms with Crippen LogP contribution in [0.5, 0.6) is 0 Å². The lowest BCUT2D eigenvalue weighted by atomic mass is 9.69. The van der Waals surface area contributed by atoms with Gasteiger partial charge in [-0.1, -0.05) is 132 Å². The number of unbranched alkanes of at least 4 members (excludes halogenated alkanes) is 3. The van der Waals surface area contributed by atoms with Crippen molar-refractivity contribution in [2.75, 3.05) is 0 Å². The molecular weight excluding hydrogens is 362 g/mol. The Morgan fingerprint density at radius 3 is 1.60 bits per heavy atom. The molecule has 4 atom stereocenters. The maximum absolute atomic E-state index is 7.62. The highest BCUT2D eigenvalue weighted by atomic mass is 14.3. The molecule has 1 aliphatic carbocycles. The van der Waals surface area contributed by atoms with E-state index in [1.807, 2.05) is 13.0 Å². The average molecular weight is 422 g/mol. The number of nitrogens with zero attached hydrogens (tertiary/aromatic N) is 1. The summed E-state index contributed by atoms with van der Waals surface area (Å²) in [5, 5.41) is 7.62. The summed E-state index contributed by atoms with van der Waals surface area (Å²) in [5.74, 6) is 3.64. The molecule has 0 N–H and O–H groups in total. The van der Waals surface area contributed by atoms with Gasteiger partial charge in [-0.3, -0.25) is 0 Å². The van der Waals surface area contributed by atoms with E-state index in [1.54, 1.807) is 0 Å². The summed E-state index contributed by atoms with van der Waals surface area (Å²) in [7, 11) is 0.